The summed E-state index contributed by atoms with van der Waals surface area (Å²) in [4.78, 5) is 16.4. The van der Waals surface area contributed by atoms with Gasteiger partial charge in [-0.15, -0.1) is 0 Å². The van der Waals surface area contributed by atoms with Gasteiger partial charge < -0.3 is 15.8 Å². The number of hydrogen-bond acceptors (Lipinski definition) is 4. The second kappa shape index (κ2) is 6.89. The molecule has 2 rings (SSSR count). The standard InChI is InChI=1S/C16H18BrN3O2/c1-16(2,18)10-20-14(21)13-4-3-9-19-15(13)22-12-7-5-11(17)6-8-12/h3-9H,10,18H2,1-2H3,(H,20,21). The Bertz CT molecular complexity index is 651. The predicted molar refractivity (Wildman–Crippen MR) is 89.1 cm³/mol. The van der Waals surface area contributed by atoms with E-state index < -0.39 is 5.54 Å². The van der Waals surface area contributed by atoms with Gasteiger partial charge >= 0.3 is 0 Å². The lowest BCUT2D eigenvalue weighted by Gasteiger charge is -2.19. The fraction of sp³-hybridized carbons (Fsp3) is 0.250. The summed E-state index contributed by atoms with van der Waals surface area (Å²) in [7, 11) is 0. The van der Waals surface area contributed by atoms with Crippen molar-refractivity contribution >= 4 is 21.8 Å². The quantitative estimate of drug-likeness (QED) is 0.855. The molecule has 6 heteroatoms. The number of carbonyl (C=O) groups is 1. The number of carbonyl (C=O) groups excluding carboxylic acids is 1. The van der Waals surface area contributed by atoms with Crippen LogP contribution in [0, 0.1) is 0 Å². The van der Waals surface area contributed by atoms with E-state index in [1.165, 1.54) is 0 Å². The van der Waals surface area contributed by atoms with Gasteiger partial charge in [-0.2, -0.15) is 0 Å². The van der Waals surface area contributed by atoms with E-state index in [-0.39, 0.29) is 11.8 Å². The molecule has 0 aliphatic rings. The highest BCUT2D eigenvalue weighted by atomic mass is 79.9. The summed E-state index contributed by atoms with van der Waals surface area (Å²) in [5, 5.41) is 2.78. The van der Waals surface area contributed by atoms with E-state index in [1.54, 1.807) is 30.5 Å². The van der Waals surface area contributed by atoms with Gasteiger partial charge in [-0.05, 0) is 50.2 Å². The molecule has 0 radical (unpaired) electrons. The fourth-order valence-electron chi connectivity index (χ4n) is 1.66. The number of halogens is 1. The number of nitrogens with zero attached hydrogens (tertiary/aromatic N) is 1. The minimum atomic E-state index is -0.482. The Labute approximate surface area is 138 Å². The minimum Gasteiger partial charge on any atom is -0.438 e. The van der Waals surface area contributed by atoms with Crippen molar-refractivity contribution < 1.29 is 9.53 Å². The highest BCUT2D eigenvalue weighted by Crippen LogP contribution is 2.24. The summed E-state index contributed by atoms with van der Waals surface area (Å²) in [5.74, 6) is 0.603. The Balaban J connectivity index is 2.16. The van der Waals surface area contributed by atoms with Crippen LogP contribution >= 0.6 is 15.9 Å². The number of rotatable bonds is 5. The second-order valence-electron chi connectivity index (χ2n) is 5.58. The zero-order valence-electron chi connectivity index (χ0n) is 12.5. The van der Waals surface area contributed by atoms with Gasteiger partial charge in [0.05, 0.1) is 0 Å². The molecule has 0 atom stereocenters. The Kier molecular flexibility index (Phi) is 5.15. The molecule has 0 fully saturated rings. The van der Waals surface area contributed by atoms with Crippen LogP contribution in [0.2, 0.25) is 0 Å². The molecule has 0 bridgehead atoms. The largest absolute Gasteiger partial charge is 0.438 e. The Morgan fingerprint density at radius 3 is 2.64 bits per heavy atom. The number of hydrogen-bond donors (Lipinski definition) is 2. The number of nitrogens with one attached hydrogen (secondary N) is 1. The van der Waals surface area contributed by atoms with E-state index >= 15 is 0 Å². The third-order valence-electron chi connectivity index (χ3n) is 2.75. The summed E-state index contributed by atoms with van der Waals surface area (Å²) < 4.78 is 6.64. The van der Waals surface area contributed by atoms with Crippen LogP contribution in [0.4, 0.5) is 0 Å². The van der Waals surface area contributed by atoms with Gasteiger partial charge in [-0.1, -0.05) is 15.9 Å². The first kappa shape index (κ1) is 16.5. The van der Waals surface area contributed by atoms with Gasteiger partial charge in [0.25, 0.3) is 5.91 Å². The molecule has 22 heavy (non-hydrogen) atoms. The number of amides is 1. The van der Waals surface area contributed by atoms with Crippen LogP contribution in [-0.2, 0) is 0 Å². The average molecular weight is 364 g/mol. The molecular weight excluding hydrogens is 346 g/mol. The smallest absolute Gasteiger partial charge is 0.256 e. The van der Waals surface area contributed by atoms with Crippen molar-refractivity contribution in [3.63, 3.8) is 0 Å². The summed E-state index contributed by atoms with van der Waals surface area (Å²) in [6.07, 6.45) is 1.58. The number of nitrogens with two attached hydrogens (primary N) is 1. The molecule has 5 nitrogen and oxygen atoms in total. The fourth-order valence-corrected chi connectivity index (χ4v) is 1.93. The summed E-state index contributed by atoms with van der Waals surface area (Å²) >= 11 is 3.36. The van der Waals surface area contributed by atoms with Crippen molar-refractivity contribution in [2.45, 2.75) is 19.4 Å². The molecule has 3 N–H and O–H groups in total. The van der Waals surface area contributed by atoms with Crippen LogP contribution in [-0.4, -0.2) is 23.0 Å². The van der Waals surface area contributed by atoms with Gasteiger partial charge in [-0.3, -0.25) is 4.79 Å². The van der Waals surface area contributed by atoms with Crippen molar-refractivity contribution in [3.8, 4) is 11.6 Å². The van der Waals surface area contributed by atoms with Crippen LogP contribution < -0.4 is 15.8 Å². The zero-order chi connectivity index (χ0) is 16.2. The van der Waals surface area contributed by atoms with Crippen LogP contribution in [0.3, 0.4) is 0 Å². The molecule has 0 saturated heterocycles. The van der Waals surface area contributed by atoms with E-state index in [4.69, 9.17) is 10.5 Å². The monoisotopic (exact) mass is 363 g/mol. The first-order valence-electron chi connectivity index (χ1n) is 6.81. The van der Waals surface area contributed by atoms with Crippen molar-refractivity contribution in [3.05, 3.63) is 52.6 Å². The lowest BCUT2D eigenvalue weighted by molar-refractivity contribution is 0.0943. The van der Waals surface area contributed by atoms with E-state index in [9.17, 15) is 4.79 Å². The normalized spacial score (nSPS) is 11.1. The maximum atomic E-state index is 12.3. The molecule has 116 valence electrons. The van der Waals surface area contributed by atoms with Crippen LogP contribution in [0.1, 0.15) is 24.2 Å². The first-order valence-corrected chi connectivity index (χ1v) is 7.60. The number of pyridine rings is 1. The Morgan fingerprint density at radius 2 is 2.00 bits per heavy atom. The molecule has 1 aromatic heterocycles. The van der Waals surface area contributed by atoms with E-state index in [2.05, 4.69) is 26.2 Å². The van der Waals surface area contributed by atoms with E-state index in [0.717, 1.165) is 4.47 Å². The first-order chi connectivity index (χ1) is 10.3. The molecule has 0 saturated carbocycles. The molecular formula is C16H18BrN3O2. The Morgan fingerprint density at radius 1 is 1.32 bits per heavy atom. The van der Waals surface area contributed by atoms with Gasteiger partial charge in [0.1, 0.15) is 11.3 Å². The van der Waals surface area contributed by atoms with Gasteiger partial charge in [0.2, 0.25) is 5.88 Å². The predicted octanol–water partition coefficient (Wildman–Crippen LogP) is 3.10. The average Bonchev–Trinajstić information content (AvgIpc) is 2.47. The summed E-state index contributed by atoms with van der Waals surface area (Å²) in [5.41, 5.74) is 5.76. The molecule has 0 unspecified atom stereocenters. The zero-order valence-corrected chi connectivity index (χ0v) is 14.1. The topological polar surface area (TPSA) is 77.2 Å². The van der Waals surface area contributed by atoms with Gasteiger partial charge in [-0.25, -0.2) is 4.98 Å². The van der Waals surface area contributed by atoms with Gasteiger partial charge in [0, 0.05) is 22.8 Å². The molecule has 2 aromatic rings. The Hall–Kier alpha value is -1.92. The summed E-state index contributed by atoms with van der Waals surface area (Å²) in [6.45, 7) is 4.05. The van der Waals surface area contributed by atoms with Crippen LogP contribution in [0.15, 0.2) is 47.1 Å². The van der Waals surface area contributed by atoms with Crippen molar-refractivity contribution in [1.82, 2.24) is 10.3 Å². The van der Waals surface area contributed by atoms with Crippen LogP contribution in [0.5, 0.6) is 11.6 Å². The van der Waals surface area contributed by atoms with Crippen molar-refractivity contribution in [1.29, 1.82) is 0 Å². The van der Waals surface area contributed by atoms with Crippen molar-refractivity contribution in [2.24, 2.45) is 5.73 Å². The van der Waals surface area contributed by atoms with Gasteiger partial charge in [0.15, 0.2) is 0 Å². The maximum absolute atomic E-state index is 12.3. The summed E-state index contributed by atoms with van der Waals surface area (Å²) in [6, 6.07) is 10.7. The number of benzene rings is 1. The molecule has 0 aliphatic carbocycles. The number of ether oxygens (including phenoxy) is 1. The third-order valence-corrected chi connectivity index (χ3v) is 3.28. The molecule has 1 heterocycles. The van der Waals surface area contributed by atoms with Crippen LogP contribution in [0.25, 0.3) is 0 Å². The third kappa shape index (κ3) is 4.82. The maximum Gasteiger partial charge on any atom is 0.256 e. The highest BCUT2D eigenvalue weighted by molar-refractivity contribution is 9.10. The second-order valence-corrected chi connectivity index (χ2v) is 6.50. The van der Waals surface area contributed by atoms with Crippen molar-refractivity contribution in [2.75, 3.05) is 6.54 Å². The number of aromatic nitrogens is 1. The van der Waals surface area contributed by atoms with E-state index in [1.807, 2.05) is 26.0 Å². The molecule has 1 aromatic carbocycles. The molecule has 0 spiro atoms. The molecule has 1 amide bonds. The lowest BCUT2D eigenvalue weighted by Crippen LogP contribution is -2.45. The minimum absolute atomic E-state index is 0.261. The highest BCUT2D eigenvalue weighted by Gasteiger charge is 2.17. The SMILES string of the molecule is CC(C)(N)CNC(=O)c1cccnc1Oc1ccc(Br)cc1. The van der Waals surface area contributed by atoms with E-state index in [0.29, 0.717) is 17.9 Å². The molecule has 0 aliphatic heterocycles. The lowest BCUT2D eigenvalue weighted by atomic mass is 10.1.